The molecule has 2 aromatic carbocycles. The highest BCUT2D eigenvalue weighted by atomic mass is 16.5. The number of carbonyl (C=O) groups excluding carboxylic acids is 1. The summed E-state index contributed by atoms with van der Waals surface area (Å²) in [5.41, 5.74) is 2.32. The maximum Gasteiger partial charge on any atom is 0.414 e. The fourth-order valence-electron chi connectivity index (χ4n) is 5.00. The minimum Gasteiger partial charge on any atom is -0.493 e. The number of ether oxygens (including phenoxy) is 3. The molecule has 2 fully saturated rings. The van der Waals surface area contributed by atoms with Gasteiger partial charge in [-0.1, -0.05) is 18.2 Å². The van der Waals surface area contributed by atoms with Crippen molar-refractivity contribution in [1.29, 1.82) is 0 Å². The second kappa shape index (κ2) is 15.0. The maximum absolute atomic E-state index is 13.2. The molecular weight excluding hydrogens is 518 g/mol. The molecular formula is C29H39N3O8. The van der Waals surface area contributed by atoms with Crippen molar-refractivity contribution in [2.45, 2.75) is 26.3 Å². The number of amides is 1. The summed E-state index contributed by atoms with van der Waals surface area (Å²) in [5, 5.41) is 14.8. The average Bonchev–Trinajstić information content (AvgIpc) is 2.98. The number of piperazine rings is 1. The lowest BCUT2D eigenvalue weighted by Gasteiger charge is -2.39. The molecule has 2 aromatic rings. The molecule has 2 aliphatic rings. The van der Waals surface area contributed by atoms with Gasteiger partial charge in [-0.25, -0.2) is 9.59 Å². The molecule has 0 aromatic heterocycles. The van der Waals surface area contributed by atoms with Crippen LogP contribution in [0.2, 0.25) is 0 Å². The van der Waals surface area contributed by atoms with Crippen LogP contribution in [0.15, 0.2) is 42.5 Å². The predicted molar refractivity (Wildman–Crippen MR) is 149 cm³/mol. The number of rotatable bonds is 8. The lowest BCUT2D eigenvalue weighted by atomic mass is 9.94. The van der Waals surface area contributed by atoms with Crippen LogP contribution in [0.4, 0.5) is 5.69 Å². The molecule has 0 bridgehead atoms. The van der Waals surface area contributed by atoms with E-state index in [9.17, 15) is 4.79 Å². The number of hydrogen-bond donors (Lipinski definition) is 2. The standard InChI is InChI=1S/C27H37N3O4.C2H2O4/c1-4-34-24-8-6-5-7-23(24)29-15-17-30(18-16-29)27(31)22-11-13-28(14-12-22)20-21-9-10-25(32-2)26(19-21)33-3;3-1(4)2(5)6/h5-10,19,22H,4,11-18,20H2,1-3H3;(H,3,4)(H,5,6). The van der Waals surface area contributed by atoms with Crippen molar-refractivity contribution in [1.82, 2.24) is 9.80 Å². The number of para-hydroxylation sites is 2. The molecule has 4 rings (SSSR count). The Bertz CT molecular complexity index is 1130. The zero-order chi connectivity index (χ0) is 29.1. The highest BCUT2D eigenvalue weighted by molar-refractivity contribution is 6.27. The summed E-state index contributed by atoms with van der Waals surface area (Å²) in [4.78, 5) is 38.2. The minimum absolute atomic E-state index is 0.129. The van der Waals surface area contributed by atoms with E-state index in [4.69, 9.17) is 34.0 Å². The van der Waals surface area contributed by atoms with Gasteiger partial charge in [-0.2, -0.15) is 0 Å². The summed E-state index contributed by atoms with van der Waals surface area (Å²) in [6, 6.07) is 14.3. The third kappa shape index (κ3) is 8.25. The molecule has 0 spiro atoms. The van der Waals surface area contributed by atoms with Crippen molar-refractivity contribution in [3.05, 3.63) is 48.0 Å². The average molecular weight is 558 g/mol. The fourth-order valence-corrected chi connectivity index (χ4v) is 5.00. The van der Waals surface area contributed by atoms with Crippen molar-refractivity contribution >= 4 is 23.5 Å². The maximum atomic E-state index is 13.2. The number of methoxy groups -OCH3 is 2. The summed E-state index contributed by atoms with van der Waals surface area (Å²) in [5.74, 6) is -0.769. The molecule has 2 heterocycles. The second-order valence-electron chi connectivity index (χ2n) is 9.56. The normalized spacial score (nSPS) is 16.0. The first kappa shape index (κ1) is 30.6. The number of anilines is 1. The molecule has 0 unspecified atom stereocenters. The van der Waals surface area contributed by atoms with Crippen LogP contribution in [0, 0.1) is 5.92 Å². The van der Waals surface area contributed by atoms with Gasteiger partial charge >= 0.3 is 11.9 Å². The van der Waals surface area contributed by atoms with Gasteiger partial charge in [0.05, 0.1) is 26.5 Å². The quantitative estimate of drug-likeness (QED) is 0.468. The number of nitrogens with zero attached hydrogens (tertiary/aromatic N) is 3. The minimum atomic E-state index is -1.82. The SMILES string of the molecule is CCOc1ccccc1N1CCN(C(=O)C2CCN(Cc3ccc(OC)c(OC)c3)CC2)CC1.O=C(O)C(=O)O. The number of carbonyl (C=O) groups is 3. The number of hydrogen-bond acceptors (Lipinski definition) is 8. The van der Waals surface area contributed by atoms with Crippen molar-refractivity contribution in [3.8, 4) is 17.2 Å². The lowest BCUT2D eigenvalue weighted by Crippen LogP contribution is -2.51. The number of benzene rings is 2. The summed E-state index contributed by atoms with van der Waals surface area (Å²) < 4.78 is 16.6. The molecule has 0 atom stereocenters. The molecule has 0 aliphatic carbocycles. The Morgan fingerprint density at radius 2 is 1.45 bits per heavy atom. The van der Waals surface area contributed by atoms with Gasteiger partial charge in [-0.15, -0.1) is 0 Å². The fraction of sp³-hybridized carbons (Fsp3) is 0.483. The third-order valence-corrected chi connectivity index (χ3v) is 7.07. The number of aliphatic carboxylic acids is 2. The van der Waals surface area contributed by atoms with Crippen LogP contribution >= 0.6 is 0 Å². The van der Waals surface area contributed by atoms with Gasteiger partial charge in [0.25, 0.3) is 0 Å². The van der Waals surface area contributed by atoms with Crippen molar-refractivity contribution < 1.29 is 38.8 Å². The van der Waals surface area contributed by atoms with E-state index in [2.05, 4.69) is 26.8 Å². The molecule has 218 valence electrons. The van der Waals surface area contributed by atoms with Crippen LogP contribution in [-0.4, -0.2) is 98.0 Å². The zero-order valence-corrected chi connectivity index (χ0v) is 23.4. The number of piperidine rings is 1. The molecule has 1 amide bonds. The van der Waals surface area contributed by atoms with E-state index < -0.39 is 11.9 Å². The first-order valence-electron chi connectivity index (χ1n) is 13.4. The van der Waals surface area contributed by atoms with Crippen molar-refractivity contribution in [2.24, 2.45) is 5.92 Å². The van der Waals surface area contributed by atoms with E-state index in [0.29, 0.717) is 12.5 Å². The molecule has 0 radical (unpaired) electrons. The predicted octanol–water partition coefficient (Wildman–Crippen LogP) is 2.82. The highest BCUT2D eigenvalue weighted by Gasteiger charge is 2.31. The largest absolute Gasteiger partial charge is 0.493 e. The molecule has 2 aliphatic heterocycles. The molecule has 0 saturated carbocycles. The molecule has 2 N–H and O–H groups in total. The van der Waals surface area contributed by atoms with E-state index in [1.165, 1.54) is 5.56 Å². The Balaban J connectivity index is 0.000000663. The van der Waals surface area contributed by atoms with Crippen LogP contribution in [0.5, 0.6) is 17.2 Å². The highest BCUT2D eigenvalue weighted by Crippen LogP contribution is 2.31. The monoisotopic (exact) mass is 557 g/mol. The van der Waals surface area contributed by atoms with E-state index >= 15 is 0 Å². The molecule has 11 heteroatoms. The number of carboxylic acid groups (broad SMARTS) is 2. The molecule has 40 heavy (non-hydrogen) atoms. The van der Waals surface area contributed by atoms with Gasteiger partial charge in [0.2, 0.25) is 5.91 Å². The third-order valence-electron chi connectivity index (χ3n) is 7.07. The molecule has 11 nitrogen and oxygen atoms in total. The Kier molecular flexibility index (Phi) is 11.4. The van der Waals surface area contributed by atoms with Gasteiger partial charge in [-0.05, 0) is 62.7 Å². The number of carboxylic acids is 2. The van der Waals surface area contributed by atoms with Crippen molar-refractivity contribution in [3.63, 3.8) is 0 Å². The lowest BCUT2D eigenvalue weighted by molar-refractivity contribution is -0.159. The molecule has 2 saturated heterocycles. The summed E-state index contributed by atoms with van der Waals surface area (Å²) in [6.45, 7) is 8.61. The van der Waals surface area contributed by atoms with Crippen LogP contribution in [-0.2, 0) is 20.9 Å². The number of likely N-dealkylation sites (tertiary alicyclic amines) is 1. The zero-order valence-electron chi connectivity index (χ0n) is 23.4. The van der Waals surface area contributed by atoms with Gasteiger partial charge in [-0.3, -0.25) is 9.69 Å². The van der Waals surface area contributed by atoms with E-state index in [0.717, 1.165) is 81.6 Å². The first-order chi connectivity index (χ1) is 19.3. The Hall–Kier alpha value is -3.99. The van der Waals surface area contributed by atoms with Gasteiger partial charge in [0.15, 0.2) is 11.5 Å². The van der Waals surface area contributed by atoms with Gasteiger partial charge in [0.1, 0.15) is 5.75 Å². The van der Waals surface area contributed by atoms with Crippen LogP contribution < -0.4 is 19.1 Å². The first-order valence-corrected chi connectivity index (χ1v) is 13.4. The second-order valence-corrected chi connectivity index (χ2v) is 9.56. The Morgan fingerprint density at radius 3 is 2.02 bits per heavy atom. The summed E-state index contributed by atoms with van der Waals surface area (Å²) in [6.07, 6.45) is 1.83. The van der Waals surface area contributed by atoms with Crippen molar-refractivity contribution in [2.75, 3.05) is 65.0 Å². The van der Waals surface area contributed by atoms with Gasteiger partial charge < -0.3 is 34.2 Å². The van der Waals surface area contributed by atoms with E-state index in [1.54, 1.807) is 14.2 Å². The Labute approximate surface area is 234 Å². The Morgan fingerprint density at radius 1 is 0.825 bits per heavy atom. The van der Waals surface area contributed by atoms with Gasteiger partial charge in [0, 0.05) is 38.6 Å². The smallest absolute Gasteiger partial charge is 0.414 e. The van der Waals surface area contributed by atoms with E-state index in [1.807, 2.05) is 37.3 Å². The van der Waals surface area contributed by atoms with E-state index in [-0.39, 0.29) is 5.92 Å². The summed E-state index contributed by atoms with van der Waals surface area (Å²) >= 11 is 0. The topological polar surface area (TPSA) is 129 Å². The van der Waals surface area contributed by atoms with Crippen LogP contribution in [0.3, 0.4) is 0 Å². The van der Waals surface area contributed by atoms with Crippen LogP contribution in [0.25, 0.3) is 0 Å². The van der Waals surface area contributed by atoms with Crippen LogP contribution in [0.1, 0.15) is 25.3 Å². The summed E-state index contributed by atoms with van der Waals surface area (Å²) in [7, 11) is 3.31.